The van der Waals surface area contributed by atoms with E-state index in [1.807, 2.05) is 0 Å². The van der Waals surface area contributed by atoms with E-state index in [-0.39, 0.29) is 17.1 Å². The van der Waals surface area contributed by atoms with Crippen molar-refractivity contribution < 1.29 is 22.0 Å². The SMILES string of the molecule is CC(c1cn(-c2ccc(F)cc2F)nn1)n1cc(-c2cnc(C(F)(F)F)nc2)c2c(N)ncnc21. The van der Waals surface area contributed by atoms with Crippen molar-refractivity contribution in [2.75, 3.05) is 5.73 Å². The molecule has 0 radical (unpaired) electrons. The van der Waals surface area contributed by atoms with Gasteiger partial charge in [-0.2, -0.15) is 13.2 Å². The first-order valence-electron chi connectivity index (χ1n) is 10.0. The van der Waals surface area contributed by atoms with Gasteiger partial charge in [0.1, 0.15) is 35.0 Å². The Morgan fingerprint density at radius 3 is 2.43 bits per heavy atom. The number of benzene rings is 1. The van der Waals surface area contributed by atoms with Crippen LogP contribution >= 0.6 is 0 Å². The molecule has 1 unspecified atom stereocenters. The van der Waals surface area contributed by atoms with E-state index in [0.29, 0.717) is 22.3 Å². The molecule has 0 aliphatic carbocycles. The third-order valence-corrected chi connectivity index (χ3v) is 5.37. The van der Waals surface area contributed by atoms with Crippen LogP contribution in [0.1, 0.15) is 24.5 Å². The minimum Gasteiger partial charge on any atom is -0.383 e. The fourth-order valence-corrected chi connectivity index (χ4v) is 3.63. The lowest BCUT2D eigenvalue weighted by molar-refractivity contribution is -0.144. The van der Waals surface area contributed by atoms with Crippen LogP contribution in [-0.4, -0.2) is 39.5 Å². The van der Waals surface area contributed by atoms with Crippen molar-refractivity contribution in [2.24, 2.45) is 0 Å². The smallest absolute Gasteiger partial charge is 0.383 e. The van der Waals surface area contributed by atoms with Gasteiger partial charge in [-0.3, -0.25) is 0 Å². The van der Waals surface area contributed by atoms with E-state index >= 15 is 0 Å². The molecule has 0 aliphatic rings. The van der Waals surface area contributed by atoms with Gasteiger partial charge in [-0.25, -0.2) is 33.4 Å². The number of hydrogen-bond acceptors (Lipinski definition) is 7. The predicted molar refractivity (Wildman–Crippen MR) is 113 cm³/mol. The van der Waals surface area contributed by atoms with Crippen molar-refractivity contribution in [1.29, 1.82) is 0 Å². The summed E-state index contributed by atoms with van der Waals surface area (Å²) in [5.74, 6) is -2.71. The van der Waals surface area contributed by atoms with Crippen molar-refractivity contribution in [3.8, 4) is 16.8 Å². The summed E-state index contributed by atoms with van der Waals surface area (Å²) in [6.45, 7) is 1.76. The Hall–Kier alpha value is -4.49. The first-order valence-corrected chi connectivity index (χ1v) is 10.0. The van der Waals surface area contributed by atoms with Gasteiger partial charge in [0.2, 0.25) is 5.82 Å². The second-order valence-electron chi connectivity index (χ2n) is 7.56. The highest BCUT2D eigenvalue weighted by Crippen LogP contribution is 2.35. The third-order valence-electron chi connectivity index (χ3n) is 5.37. The van der Waals surface area contributed by atoms with Gasteiger partial charge in [-0.1, -0.05) is 5.21 Å². The first kappa shape index (κ1) is 22.3. The van der Waals surface area contributed by atoms with Crippen molar-refractivity contribution in [3.05, 3.63) is 72.5 Å². The lowest BCUT2D eigenvalue weighted by atomic mass is 10.1. The van der Waals surface area contributed by atoms with Crippen molar-refractivity contribution in [3.63, 3.8) is 0 Å². The largest absolute Gasteiger partial charge is 0.451 e. The Kier molecular flexibility index (Phi) is 5.15. The van der Waals surface area contributed by atoms with Crippen molar-refractivity contribution in [2.45, 2.75) is 19.1 Å². The van der Waals surface area contributed by atoms with Gasteiger partial charge in [0, 0.05) is 35.8 Å². The molecule has 0 aliphatic heterocycles. The van der Waals surface area contributed by atoms with Gasteiger partial charge in [0.15, 0.2) is 5.82 Å². The van der Waals surface area contributed by atoms with E-state index in [0.717, 1.165) is 24.5 Å². The van der Waals surface area contributed by atoms with E-state index in [9.17, 15) is 22.0 Å². The molecule has 4 heterocycles. The van der Waals surface area contributed by atoms with E-state index in [1.54, 1.807) is 17.7 Å². The summed E-state index contributed by atoms with van der Waals surface area (Å²) in [6, 6.07) is 2.54. The highest BCUT2D eigenvalue weighted by molar-refractivity contribution is 6.00. The number of nitrogens with zero attached hydrogens (tertiary/aromatic N) is 8. The molecule has 2 N–H and O–H groups in total. The molecule has 0 amide bonds. The molecule has 5 rings (SSSR count). The van der Waals surface area contributed by atoms with Crippen LogP contribution in [0.2, 0.25) is 0 Å². The maximum Gasteiger partial charge on any atom is 0.451 e. The van der Waals surface area contributed by atoms with Gasteiger partial charge < -0.3 is 10.3 Å². The average Bonchev–Trinajstić information content (AvgIpc) is 3.44. The number of nitrogens with two attached hydrogens (primary N) is 1. The summed E-state index contributed by atoms with van der Waals surface area (Å²) in [5, 5.41) is 8.40. The maximum atomic E-state index is 14.2. The molecule has 1 atom stereocenters. The van der Waals surface area contributed by atoms with Crippen molar-refractivity contribution in [1.82, 2.24) is 39.5 Å². The lowest BCUT2D eigenvalue weighted by Crippen LogP contribution is -2.10. The van der Waals surface area contributed by atoms with E-state index in [2.05, 4.69) is 30.2 Å². The summed E-state index contributed by atoms with van der Waals surface area (Å²) in [6.07, 6.45) is 1.74. The molecule has 9 nitrogen and oxygen atoms in total. The molecule has 0 saturated heterocycles. The predicted octanol–water partition coefficient (Wildman–Crippen LogP) is 3.96. The molecule has 1 aromatic carbocycles. The van der Waals surface area contributed by atoms with Crippen LogP contribution < -0.4 is 5.73 Å². The first-order chi connectivity index (χ1) is 16.6. The van der Waals surface area contributed by atoms with Crippen LogP contribution in [0.5, 0.6) is 0 Å². The zero-order chi connectivity index (χ0) is 24.9. The minimum atomic E-state index is -4.68. The summed E-state index contributed by atoms with van der Waals surface area (Å²) >= 11 is 0. The molecule has 5 aromatic rings. The van der Waals surface area contributed by atoms with Crippen LogP contribution in [0.4, 0.5) is 27.8 Å². The quantitative estimate of drug-likeness (QED) is 0.382. The number of rotatable bonds is 4. The Bertz CT molecular complexity index is 1540. The molecule has 35 heavy (non-hydrogen) atoms. The molecule has 0 spiro atoms. The van der Waals surface area contributed by atoms with Crippen LogP contribution in [0.25, 0.3) is 27.8 Å². The molecule has 0 bridgehead atoms. The zero-order valence-electron chi connectivity index (χ0n) is 17.7. The normalized spacial score (nSPS) is 12.9. The molecule has 178 valence electrons. The number of aromatic nitrogens is 8. The molecular formula is C21H14F5N9. The molecule has 0 saturated carbocycles. The number of halogens is 5. The fraction of sp³-hybridized carbons (Fsp3) is 0.143. The molecule has 4 aromatic heterocycles. The summed E-state index contributed by atoms with van der Waals surface area (Å²) in [7, 11) is 0. The van der Waals surface area contributed by atoms with E-state index < -0.39 is 29.7 Å². The monoisotopic (exact) mass is 487 g/mol. The molecular weight excluding hydrogens is 473 g/mol. The zero-order valence-corrected chi connectivity index (χ0v) is 17.7. The number of alkyl halides is 3. The topological polar surface area (TPSA) is 113 Å². The van der Waals surface area contributed by atoms with Gasteiger partial charge >= 0.3 is 6.18 Å². The third kappa shape index (κ3) is 3.92. The van der Waals surface area contributed by atoms with Crippen LogP contribution in [0, 0.1) is 11.6 Å². The van der Waals surface area contributed by atoms with Crippen LogP contribution in [0.3, 0.4) is 0 Å². The number of anilines is 1. The minimum absolute atomic E-state index is 0.00359. The highest BCUT2D eigenvalue weighted by Gasteiger charge is 2.34. The Labute approximate surface area is 193 Å². The molecule has 14 heteroatoms. The summed E-state index contributed by atoms with van der Waals surface area (Å²) in [5.41, 5.74) is 7.53. The number of hydrogen-bond donors (Lipinski definition) is 1. The van der Waals surface area contributed by atoms with Gasteiger partial charge in [-0.15, -0.1) is 5.10 Å². The van der Waals surface area contributed by atoms with E-state index in [1.165, 1.54) is 23.3 Å². The van der Waals surface area contributed by atoms with Crippen LogP contribution in [-0.2, 0) is 6.18 Å². The number of nitrogen functional groups attached to an aromatic ring is 1. The molecule has 0 fully saturated rings. The maximum absolute atomic E-state index is 14.2. The van der Waals surface area contributed by atoms with Crippen LogP contribution in [0.15, 0.2) is 49.3 Å². The summed E-state index contributed by atoms with van der Waals surface area (Å²) < 4.78 is 68.9. The van der Waals surface area contributed by atoms with Crippen molar-refractivity contribution >= 4 is 16.9 Å². The second kappa shape index (κ2) is 8.07. The Morgan fingerprint density at radius 1 is 1.00 bits per heavy atom. The standard InChI is InChI=1S/C21H14F5N9/c1-10(15-8-35(33-32-15)16-3-2-12(22)4-14(16)23)34-7-13(17-18(27)30-9-31-19(17)34)11-5-28-20(29-6-11)21(24,25)26/h2-10H,1H3,(H2,27,30,31). The Morgan fingerprint density at radius 2 is 1.74 bits per heavy atom. The fourth-order valence-electron chi connectivity index (χ4n) is 3.63. The van der Waals surface area contributed by atoms with Gasteiger partial charge in [0.05, 0.1) is 17.6 Å². The highest BCUT2D eigenvalue weighted by atomic mass is 19.4. The lowest BCUT2D eigenvalue weighted by Gasteiger charge is -2.11. The van der Waals surface area contributed by atoms with E-state index in [4.69, 9.17) is 5.73 Å². The van der Waals surface area contributed by atoms with Gasteiger partial charge in [0.25, 0.3) is 0 Å². The second-order valence-corrected chi connectivity index (χ2v) is 7.56. The summed E-state index contributed by atoms with van der Waals surface area (Å²) in [4.78, 5) is 15.1. The number of fused-ring (bicyclic) bond motifs is 1. The Balaban J connectivity index is 1.58. The van der Waals surface area contributed by atoms with Gasteiger partial charge in [-0.05, 0) is 19.1 Å². The average molecular weight is 487 g/mol.